The normalized spacial score (nSPS) is 10.5. The third kappa shape index (κ3) is 5.04. The number of carbonyl (C=O) groups excluding carboxylic acids is 1. The van der Waals surface area contributed by atoms with Crippen molar-refractivity contribution in [1.82, 2.24) is 0 Å². The zero-order valence-corrected chi connectivity index (χ0v) is 11.6. The van der Waals surface area contributed by atoms with Gasteiger partial charge in [-0.25, -0.2) is 4.79 Å². The van der Waals surface area contributed by atoms with Gasteiger partial charge in [0.2, 0.25) is 0 Å². The van der Waals surface area contributed by atoms with Gasteiger partial charge in [0, 0.05) is 6.07 Å². The number of hydrogen-bond acceptors (Lipinski definition) is 4. The summed E-state index contributed by atoms with van der Waals surface area (Å²) in [6, 6.07) is 4.93. The summed E-state index contributed by atoms with van der Waals surface area (Å²) in [5, 5.41) is 0. The van der Waals surface area contributed by atoms with E-state index in [4.69, 9.17) is 14.2 Å². The lowest BCUT2D eigenvalue weighted by molar-refractivity contribution is 0.0661. The Kier molecular flexibility index (Phi) is 6.50. The Labute approximate surface area is 114 Å². The van der Waals surface area contributed by atoms with Crippen LogP contribution in [0.2, 0.25) is 0 Å². The van der Waals surface area contributed by atoms with Crippen LogP contribution in [0.3, 0.4) is 0 Å². The summed E-state index contributed by atoms with van der Waals surface area (Å²) in [4.78, 5) is 11.8. The molecule has 1 aromatic carbocycles. The van der Waals surface area contributed by atoms with E-state index in [1.807, 2.05) is 6.08 Å². The molecule has 0 N–H and O–H groups in total. The lowest BCUT2D eigenvalue weighted by Gasteiger charge is -2.07. The van der Waals surface area contributed by atoms with Gasteiger partial charge in [-0.2, -0.15) is 0 Å². The fraction of sp³-hybridized carbons (Fsp3) is 0.400. The van der Waals surface area contributed by atoms with Gasteiger partial charge in [0.1, 0.15) is 11.5 Å². The zero-order chi connectivity index (χ0) is 14.1. The minimum Gasteiger partial charge on any atom is -0.497 e. The Balaban J connectivity index is 2.68. The molecule has 0 bridgehead atoms. The standard InChI is InChI=1S/C15H20O4/c1-4-5-6-7-8-19-15(16)12-9-13(17-2)11-14(10-12)18-3/h7-11H,4-6H2,1-3H3/b8-7+. The number of ether oxygens (including phenoxy) is 3. The van der Waals surface area contributed by atoms with Crippen molar-refractivity contribution in [3.63, 3.8) is 0 Å². The van der Waals surface area contributed by atoms with Crippen LogP contribution in [0.4, 0.5) is 0 Å². The van der Waals surface area contributed by atoms with E-state index in [2.05, 4.69) is 6.92 Å². The molecule has 0 saturated heterocycles. The Bertz CT molecular complexity index is 416. The summed E-state index contributed by atoms with van der Waals surface area (Å²) >= 11 is 0. The highest BCUT2D eigenvalue weighted by Gasteiger charge is 2.10. The van der Waals surface area contributed by atoms with Gasteiger partial charge < -0.3 is 14.2 Å². The molecule has 0 atom stereocenters. The van der Waals surface area contributed by atoms with E-state index in [9.17, 15) is 4.79 Å². The molecule has 0 saturated carbocycles. The first-order valence-electron chi connectivity index (χ1n) is 6.30. The van der Waals surface area contributed by atoms with Crippen LogP contribution < -0.4 is 9.47 Å². The van der Waals surface area contributed by atoms with Crippen LogP contribution in [-0.4, -0.2) is 20.2 Å². The first-order chi connectivity index (χ1) is 9.21. The molecule has 1 rings (SSSR count). The van der Waals surface area contributed by atoms with Crippen molar-refractivity contribution in [2.24, 2.45) is 0 Å². The highest BCUT2D eigenvalue weighted by atomic mass is 16.5. The molecule has 19 heavy (non-hydrogen) atoms. The molecule has 0 spiro atoms. The van der Waals surface area contributed by atoms with Crippen molar-refractivity contribution in [2.75, 3.05) is 14.2 Å². The van der Waals surface area contributed by atoms with Crippen LogP contribution in [0.25, 0.3) is 0 Å². The first kappa shape index (κ1) is 15.1. The van der Waals surface area contributed by atoms with Crippen molar-refractivity contribution in [2.45, 2.75) is 26.2 Å². The molecule has 0 aromatic heterocycles. The number of rotatable bonds is 7. The quantitative estimate of drug-likeness (QED) is 0.429. The summed E-state index contributed by atoms with van der Waals surface area (Å²) in [5.74, 6) is 0.687. The van der Waals surface area contributed by atoms with Gasteiger partial charge >= 0.3 is 5.97 Å². The third-order valence-corrected chi connectivity index (χ3v) is 2.58. The van der Waals surface area contributed by atoms with Crippen molar-refractivity contribution in [1.29, 1.82) is 0 Å². The van der Waals surface area contributed by atoms with E-state index in [-0.39, 0.29) is 0 Å². The van der Waals surface area contributed by atoms with E-state index >= 15 is 0 Å². The van der Waals surface area contributed by atoms with Crippen LogP contribution in [0, 0.1) is 0 Å². The molecule has 0 heterocycles. The van der Waals surface area contributed by atoms with Gasteiger partial charge in [-0.1, -0.05) is 13.3 Å². The second-order valence-electron chi connectivity index (χ2n) is 4.02. The number of unbranched alkanes of at least 4 members (excludes halogenated alkanes) is 2. The topological polar surface area (TPSA) is 44.8 Å². The SMILES string of the molecule is CCCC/C=C/OC(=O)c1cc(OC)cc(OC)c1. The van der Waals surface area contributed by atoms with Crippen molar-refractivity contribution >= 4 is 5.97 Å². The van der Waals surface area contributed by atoms with E-state index in [0.29, 0.717) is 17.1 Å². The van der Waals surface area contributed by atoms with Crippen LogP contribution in [0.5, 0.6) is 11.5 Å². The maximum absolute atomic E-state index is 11.8. The van der Waals surface area contributed by atoms with E-state index < -0.39 is 5.97 Å². The maximum atomic E-state index is 11.8. The Morgan fingerprint density at radius 3 is 2.32 bits per heavy atom. The highest BCUT2D eigenvalue weighted by Crippen LogP contribution is 2.22. The van der Waals surface area contributed by atoms with Crippen LogP contribution in [0.15, 0.2) is 30.5 Å². The molecule has 0 fully saturated rings. The summed E-state index contributed by atoms with van der Waals surface area (Å²) in [5.41, 5.74) is 0.399. The largest absolute Gasteiger partial charge is 0.497 e. The summed E-state index contributed by atoms with van der Waals surface area (Å²) in [6.07, 6.45) is 6.39. The molecular formula is C15H20O4. The van der Waals surface area contributed by atoms with Crippen molar-refractivity contribution in [3.05, 3.63) is 36.1 Å². The highest BCUT2D eigenvalue weighted by molar-refractivity contribution is 5.90. The monoisotopic (exact) mass is 264 g/mol. The lowest BCUT2D eigenvalue weighted by Crippen LogP contribution is -2.02. The molecule has 0 radical (unpaired) electrons. The molecule has 1 aromatic rings. The van der Waals surface area contributed by atoms with Crippen LogP contribution in [0.1, 0.15) is 36.5 Å². The average Bonchev–Trinajstić information content (AvgIpc) is 2.46. The minimum absolute atomic E-state index is 0.399. The minimum atomic E-state index is -0.426. The lowest BCUT2D eigenvalue weighted by atomic mass is 10.2. The van der Waals surface area contributed by atoms with Gasteiger partial charge in [-0.05, 0) is 31.1 Å². The van der Waals surface area contributed by atoms with Crippen LogP contribution >= 0.6 is 0 Å². The van der Waals surface area contributed by atoms with Gasteiger partial charge in [0.25, 0.3) is 0 Å². The molecular weight excluding hydrogens is 244 g/mol. The Morgan fingerprint density at radius 2 is 1.79 bits per heavy atom. The van der Waals surface area contributed by atoms with E-state index in [1.54, 1.807) is 18.2 Å². The summed E-state index contributed by atoms with van der Waals surface area (Å²) in [6.45, 7) is 2.11. The molecule has 4 heteroatoms. The van der Waals surface area contributed by atoms with E-state index in [0.717, 1.165) is 19.3 Å². The Morgan fingerprint density at radius 1 is 1.16 bits per heavy atom. The second-order valence-corrected chi connectivity index (χ2v) is 4.02. The number of benzene rings is 1. The Hall–Kier alpha value is -1.97. The van der Waals surface area contributed by atoms with Gasteiger partial charge in [0.05, 0.1) is 26.0 Å². The molecule has 0 aliphatic carbocycles. The summed E-state index contributed by atoms with van der Waals surface area (Å²) in [7, 11) is 3.07. The van der Waals surface area contributed by atoms with Crippen molar-refractivity contribution in [3.8, 4) is 11.5 Å². The predicted molar refractivity (Wildman–Crippen MR) is 73.6 cm³/mol. The number of methoxy groups -OCH3 is 2. The maximum Gasteiger partial charge on any atom is 0.343 e. The second kappa shape index (κ2) is 8.19. The smallest absolute Gasteiger partial charge is 0.343 e. The van der Waals surface area contributed by atoms with Crippen LogP contribution in [-0.2, 0) is 4.74 Å². The number of allylic oxidation sites excluding steroid dienone is 1. The van der Waals surface area contributed by atoms with Gasteiger partial charge in [0.15, 0.2) is 0 Å². The number of esters is 1. The van der Waals surface area contributed by atoms with E-state index in [1.165, 1.54) is 20.5 Å². The molecule has 0 aliphatic rings. The summed E-state index contributed by atoms with van der Waals surface area (Å²) < 4.78 is 15.2. The molecule has 0 unspecified atom stereocenters. The molecule has 4 nitrogen and oxygen atoms in total. The van der Waals surface area contributed by atoms with Gasteiger partial charge in [-0.3, -0.25) is 0 Å². The molecule has 104 valence electrons. The fourth-order valence-corrected chi connectivity index (χ4v) is 1.49. The first-order valence-corrected chi connectivity index (χ1v) is 6.30. The fourth-order valence-electron chi connectivity index (χ4n) is 1.49. The number of hydrogen-bond donors (Lipinski definition) is 0. The predicted octanol–water partition coefficient (Wildman–Crippen LogP) is 3.56. The molecule has 0 amide bonds. The van der Waals surface area contributed by atoms with Crippen molar-refractivity contribution < 1.29 is 19.0 Å². The third-order valence-electron chi connectivity index (χ3n) is 2.58. The number of carbonyl (C=O) groups is 1. The average molecular weight is 264 g/mol. The molecule has 0 aliphatic heterocycles. The van der Waals surface area contributed by atoms with Gasteiger partial charge in [-0.15, -0.1) is 0 Å². The zero-order valence-electron chi connectivity index (χ0n) is 11.6.